The SMILES string of the molecule is CCCCCCCCCCCCCCC(=O)C(=O)NC(C(=O)NC(C)C(=O)O)C(C)C. The van der Waals surface area contributed by atoms with Crippen molar-refractivity contribution in [2.75, 3.05) is 0 Å². The molecule has 0 aliphatic heterocycles. The highest BCUT2D eigenvalue weighted by molar-refractivity contribution is 6.36. The molecule has 0 aliphatic rings. The lowest BCUT2D eigenvalue weighted by Crippen LogP contribution is -2.54. The van der Waals surface area contributed by atoms with Gasteiger partial charge in [0, 0.05) is 6.42 Å². The van der Waals surface area contributed by atoms with E-state index in [4.69, 9.17) is 5.11 Å². The maximum Gasteiger partial charge on any atom is 0.325 e. The van der Waals surface area contributed by atoms with Crippen LogP contribution in [0.3, 0.4) is 0 Å². The molecule has 0 aromatic rings. The summed E-state index contributed by atoms with van der Waals surface area (Å²) in [6, 6.07) is -2.01. The molecule has 2 unspecified atom stereocenters. The number of aliphatic carboxylic acids is 1. The van der Waals surface area contributed by atoms with Crippen molar-refractivity contribution < 1.29 is 24.3 Å². The molecular formula is C24H44N2O5. The lowest BCUT2D eigenvalue weighted by atomic mass is 10.0. The van der Waals surface area contributed by atoms with Crippen molar-refractivity contribution in [2.24, 2.45) is 5.92 Å². The van der Waals surface area contributed by atoms with Crippen LogP contribution < -0.4 is 10.6 Å². The van der Waals surface area contributed by atoms with Gasteiger partial charge in [0.2, 0.25) is 11.7 Å². The second-order valence-corrected chi connectivity index (χ2v) is 8.83. The highest BCUT2D eigenvalue weighted by atomic mass is 16.4. The number of unbranched alkanes of at least 4 members (excludes halogenated alkanes) is 11. The van der Waals surface area contributed by atoms with Gasteiger partial charge in [-0.25, -0.2) is 0 Å². The van der Waals surface area contributed by atoms with Gasteiger partial charge in [0.15, 0.2) is 0 Å². The van der Waals surface area contributed by atoms with Crippen molar-refractivity contribution in [2.45, 2.75) is 123 Å². The number of nitrogens with one attached hydrogen (secondary N) is 2. The number of rotatable bonds is 19. The molecule has 31 heavy (non-hydrogen) atoms. The van der Waals surface area contributed by atoms with Gasteiger partial charge in [0.1, 0.15) is 12.1 Å². The van der Waals surface area contributed by atoms with Gasteiger partial charge in [-0.1, -0.05) is 91.4 Å². The summed E-state index contributed by atoms with van der Waals surface area (Å²) in [6.45, 7) is 7.03. The predicted octanol–water partition coefficient (Wildman–Crippen LogP) is 4.38. The van der Waals surface area contributed by atoms with E-state index in [1.807, 2.05) is 0 Å². The van der Waals surface area contributed by atoms with Crippen LogP contribution in [-0.2, 0) is 19.2 Å². The quantitative estimate of drug-likeness (QED) is 0.204. The minimum Gasteiger partial charge on any atom is -0.480 e. The van der Waals surface area contributed by atoms with Gasteiger partial charge in [-0.2, -0.15) is 0 Å². The lowest BCUT2D eigenvalue weighted by Gasteiger charge is -2.22. The maximum absolute atomic E-state index is 12.2. The van der Waals surface area contributed by atoms with Crippen LogP contribution in [0.5, 0.6) is 0 Å². The van der Waals surface area contributed by atoms with Crippen molar-refractivity contribution in [1.82, 2.24) is 10.6 Å². The van der Waals surface area contributed by atoms with Gasteiger partial charge in [0.25, 0.3) is 5.91 Å². The molecule has 3 N–H and O–H groups in total. The average Bonchev–Trinajstić information content (AvgIpc) is 2.71. The predicted molar refractivity (Wildman–Crippen MR) is 123 cm³/mol. The summed E-state index contributed by atoms with van der Waals surface area (Å²) in [5.74, 6) is -3.34. The third-order valence-corrected chi connectivity index (χ3v) is 5.48. The Bertz CT molecular complexity index is 548. The summed E-state index contributed by atoms with van der Waals surface area (Å²) >= 11 is 0. The normalized spacial score (nSPS) is 12.9. The molecule has 7 heteroatoms. The first-order chi connectivity index (χ1) is 14.7. The number of hydrogen-bond donors (Lipinski definition) is 3. The van der Waals surface area contributed by atoms with Crippen LogP contribution in [0.4, 0.5) is 0 Å². The molecule has 0 saturated heterocycles. The third kappa shape index (κ3) is 14.7. The van der Waals surface area contributed by atoms with E-state index in [0.29, 0.717) is 6.42 Å². The summed E-state index contributed by atoms with van der Waals surface area (Å²) in [5.41, 5.74) is 0. The zero-order chi connectivity index (χ0) is 23.6. The van der Waals surface area contributed by atoms with E-state index in [0.717, 1.165) is 19.3 Å². The van der Waals surface area contributed by atoms with Crippen LogP contribution in [0.25, 0.3) is 0 Å². The monoisotopic (exact) mass is 440 g/mol. The molecule has 0 fully saturated rings. The van der Waals surface area contributed by atoms with Gasteiger partial charge in [-0.05, 0) is 19.3 Å². The first kappa shape index (κ1) is 29.1. The van der Waals surface area contributed by atoms with E-state index < -0.39 is 35.7 Å². The van der Waals surface area contributed by atoms with Crippen LogP contribution in [0.15, 0.2) is 0 Å². The standard InChI is InChI=1S/C24H44N2O5/c1-5-6-7-8-9-10-11-12-13-14-15-16-17-20(27)22(28)26-21(18(2)3)23(29)25-19(4)24(30)31/h18-19,21H,5-17H2,1-4H3,(H,25,29)(H,26,28)(H,30,31). The van der Waals surface area contributed by atoms with Crippen molar-refractivity contribution >= 4 is 23.6 Å². The van der Waals surface area contributed by atoms with Gasteiger partial charge in [0.05, 0.1) is 0 Å². The molecule has 0 aromatic carbocycles. The molecule has 2 amide bonds. The van der Waals surface area contributed by atoms with Gasteiger partial charge >= 0.3 is 5.97 Å². The molecule has 0 bridgehead atoms. The Morgan fingerprint density at radius 1 is 0.710 bits per heavy atom. The summed E-state index contributed by atoms with van der Waals surface area (Å²) < 4.78 is 0. The average molecular weight is 441 g/mol. The Morgan fingerprint density at radius 2 is 1.16 bits per heavy atom. The van der Waals surface area contributed by atoms with Gasteiger partial charge < -0.3 is 15.7 Å². The molecule has 7 nitrogen and oxygen atoms in total. The largest absolute Gasteiger partial charge is 0.480 e. The van der Waals surface area contributed by atoms with Crippen LogP contribution in [0.1, 0.15) is 111 Å². The minimum absolute atomic E-state index is 0.168. The van der Waals surface area contributed by atoms with E-state index >= 15 is 0 Å². The molecule has 0 radical (unpaired) electrons. The van der Waals surface area contributed by atoms with E-state index in [1.54, 1.807) is 13.8 Å². The molecule has 0 heterocycles. The van der Waals surface area contributed by atoms with E-state index in [2.05, 4.69) is 17.6 Å². The third-order valence-electron chi connectivity index (χ3n) is 5.48. The van der Waals surface area contributed by atoms with E-state index in [1.165, 1.54) is 58.3 Å². The molecule has 2 atom stereocenters. The maximum atomic E-state index is 12.2. The Morgan fingerprint density at radius 3 is 1.58 bits per heavy atom. The summed E-state index contributed by atoms with van der Waals surface area (Å²) in [4.78, 5) is 47.4. The summed E-state index contributed by atoms with van der Waals surface area (Å²) in [6.07, 6.45) is 14.4. The fraction of sp³-hybridized carbons (Fsp3) is 0.833. The van der Waals surface area contributed by atoms with Crippen LogP contribution in [0, 0.1) is 5.92 Å². The Hall–Kier alpha value is -1.92. The van der Waals surface area contributed by atoms with Gasteiger partial charge in [-0.3, -0.25) is 19.2 Å². The Kier molecular flexibility index (Phi) is 16.6. The number of hydrogen-bond acceptors (Lipinski definition) is 4. The molecule has 0 saturated carbocycles. The van der Waals surface area contributed by atoms with Crippen molar-refractivity contribution in [3.8, 4) is 0 Å². The number of amides is 2. The van der Waals surface area contributed by atoms with Crippen molar-refractivity contribution in [1.29, 1.82) is 0 Å². The highest BCUT2D eigenvalue weighted by Crippen LogP contribution is 2.12. The molecule has 0 spiro atoms. The summed E-state index contributed by atoms with van der Waals surface area (Å²) in [7, 11) is 0. The van der Waals surface area contributed by atoms with E-state index in [-0.39, 0.29) is 12.3 Å². The van der Waals surface area contributed by atoms with Gasteiger partial charge in [-0.15, -0.1) is 0 Å². The highest BCUT2D eigenvalue weighted by Gasteiger charge is 2.28. The Labute approximate surface area is 188 Å². The second kappa shape index (κ2) is 17.7. The van der Waals surface area contributed by atoms with Crippen molar-refractivity contribution in [3.63, 3.8) is 0 Å². The number of Topliss-reactive ketones (excluding diaryl/α,β-unsaturated/α-hetero) is 1. The molecule has 0 aliphatic carbocycles. The smallest absolute Gasteiger partial charge is 0.325 e. The van der Waals surface area contributed by atoms with Crippen LogP contribution >= 0.6 is 0 Å². The number of carboxylic acids is 1. The molecular weight excluding hydrogens is 396 g/mol. The first-order valence-corrected chi connectivity index (χ1v) is 12.1. The number of carbonyl (C=O) groups is 4. The fourth-order valence-corrected chi connectivity index (χ4v) is 3.36. The minimum atomic E-state index is -1.16. The number of ketones is 1. The van der Waals surface area contributed by atoms with Crippen LogP contribution in [-0.4, -0.2) is 40.8 Å². The molecule has 0 rings (SSSR count). The van der Waals surface area contributed by atoms with Crippen molar-refractivity contribution in [3.05, 3.63) is 0 Å². The van der Waals surface area contributed by atoms with E-state index in [9.17, 15) is 19.2 Å². The van der Waals surface area contributed by atoms with Crippen LogP contribution in [0.2, 0.25) is 0 Å². The molecule has 0 aromatic heterocycles. The lowest BCUT2D eigenvalue weighted by molar-refractivity contribution is -0.143. The number of carboxylic acid groups (broad SMARTS) is 1. The zero-order valence-electron chi connectivity index (χ0n) is 20.0. The first-order valence-electron chi connectivity index (χ1n) is 12.1. The zero-order valence-corrected chi connectivity index (χ0v) is 20.0. The topological polar surface area (TPSA) is 113 Å². The number of carbonyl (C=O) groups excluding carboxylic acids is 3. The fourth-order valence-electron chi connectivity index (χ4n) is 3.36. The summed E-state index contributed by atoms with van der Waals surface area (Å²) in [5, 5.41) is 13.7. The second-order valence-electron chi connectivity index (χ2n) is 8.83. The Balaban J connectivity index is 4.00. The molecule has 180 valence electrons.